The Morgan fingerprint density at radius 2 is 1.54 bits per heavy atom. The molecule has 5 rings (SSSR count). The maximum Gasteiger partial charge on any atom is 0.283 e. The Balaban J connectivity index is 1.17. The number of methoxy groups -OCH3 is 1. The number of benzene rings is 2. The molecule has 0 aliphatic carbocycles. The molecule has 3 aliphatic heterocycles. The number of hydrogen-bond acceptors (Lipinski definition) is 8. The molecule has 1 saturated heterocycles. The molecular formula is C25H25N5O4S. The minimum Gasteiger partial charge on any atom is -0.497 e. The molecule has 180 valence electrons. The number of carbonyl (C=O) groups is 1. The summed E-state index contributed by atoms with van der Waals surface area (Å²) in [7, 11) is 1.62. The van der Waals surface area contributed by atoms with Gasteiger partial charge in [-0.25, -0.2) is 0 Å². The van der Waals surface area contributed by atoms with Crippen LogP contribution in [0.2, 0.25) is 0 Å². The number of thioether (sulfide) groups is 1. The number of hydrogen-bond donors (Lipinski definition) is 1. The fourth-order valence-corrected chi connectivity index (χ4v) is 4.78. The van der Waals surface area contributed by atoms with E-state index in [9.17, 15) is 4.79 Å². The zero-order valence-electron chi connectivity index (χ0n) is 19.3. The predicted molar refractivity (Wildman–Crippen MR) is 136 cm³/mol. The topological polar surface area (TPSA) is 99.8 Å². The fraction of sp³-hybridized carbons (Fsp3) is 0.280. The third kappa shape index (κ3) is 5.17. The largest absolute Gasteiger partial charge is 0.497 e. The second kappa shape index (κ2) is 10.2. The van der Waals surface area contributed by atoms with E-state index in [2.05, 4.69) is 15.0 Å². The highest BCUT2D eigenvalue weighted by molar-refractivity contribution is 8.26. The average molecular weight is 492 g/mol. The number of fused-ring (bicyclic) bond motifs is 1. The van der Waals surface area contributed by atoms with Crippen molar-refractivity contribution < 1.29 is 19.0 Å². The zero-order valence-corrected chi connectivity index (χ0v) is 20.1. The van der Waals surface area contributed by atoms with Gasteiger partial charge in [0.25, 0.3) is 5.91 Å². The summed E-state index contributed by atoms with van der Waals surface area (Å²) in [5, 5.41) is 15.8. The zero-order chi connectivity index (χ0) is 24.2. The number of hydrazone groups is 1. The van der Waals surface area contributed by atoms with Gasteiger partial charge >= 0.3 is 0 Å². The second-order valence-electron chi connectivity index (χ2n) is 8.04. The van der Waals surface area contributed by atoms with E-state index in [1.807, 2.05) is 48.5 Å². The van der Waals surface area contributed by atoms with Gasteiger partial charge in [0, 0.05) is 13.1 Å². The minimum atomic E-state index is -0.428. The molecule has 1 fully saturated rings. The molecule has 3 heterocycles. The van der Waals surface area contributed by atoms with Gasteiger partial charge in [-0.15, -0.1) is 5.10 Å². The standard InChI is InChI=1S/C25H25N5O4S/c1-32-18-8-10-20(11-9-18)34-15-14-33-19-6-4-17(5-7-19)16-21-22(26)30-24(27-23(21)31)35-25(28-30)29-12-2-3-13-29/h4-11,16,26H,2-3,12-15H2,1H3/b21-16+,26-22?. The lowest BCUT2D eigenvalue weighted by Gasteiger charge is -2.20. The van der Waals surface area contributed by atoms with Gasteiger partial charge in [-0.05, 0) is 72.6 Å². The normalized spacial score (nSPS) is 18.5. The highest BCUT2D eigenvalue weighted by atomic mass is 32.2. The van der Waals surface area contributed by atoms with Crippen LogP contribution in [0.3, 0.4) is 0 Å². The van der Waals surface area contributed by atoms with Crippen molar-refractivity contribution in [3.05, 3.63) is 59.7 Å². The molecule has 1 N–H and O–H groups in total. The first-order valence-electron chi connectivity index (χ1n) is 11.4. The third-order valence-corrected chi connectivity index (χ3v) is 6.66. The van der Waals surface area contributed by atoms with Crippen LogP contribution in [-0.2, 0) is 4.79 Å². The molecule has 10 heteroatoms. The molecule has 9 nitrogen and oxygen atoms in total. The number of likely N-dealkylation sites (tertiary alicyclic amines) is 1. The van der Waals surface area contributed by atoms with E-state index in [0.717, 1.165) is 48.2 Å². The molecule has 3 aliphatic rings. The van der Waals surface area contributed by atoms with Gasteiger partial charge in [-0.3, -0.25) is 10.2 Å². The van der Waals surface area contributed by atoms with Crippen molar-refractivity contribution in [3.63, 3.8) is 0 Å². The van der Waals surface area contributed by atoms with Crippen molar-refractivity contribution in [1.82, 2.24) is 9.91 Å². The molecule has 2 aromatic carbocycles. The van der Waals surface area contributed by atoms with Crippen LogP contribution < -0.4 is 14.2 Å². The summed E-state index contributed by atoms with van der Waals surface area (Å²) >= 11 is 1.35. The van der Waals surface area contributed by atoms with Crippen LogP contribution in [0.25, 0.3) is 6.08 Å². The summed E-state index contributed by atoms with van der Waals surface area (Å²) in [6, 6.07) is 14.7. The van der Waals surface area contributed by atoms with E-state index in [0.29, 0.717) is 24.1 Å². The van der Waals surface area contributed by atoms with Crippen LogP contribution in [0.15, 0.2) is 64.2 Å². The van der Waals surface area contributed by atoms with Crippen LogP contribution in [-0.4, -0.2) is 65.4 Å². The van der Waals surface area contributed by atoms with Gasteiger partial charge < -0.3 is 19.1 Å². The first-order chi connectivity index (χ1) is 17.1. The third-order valence-electron chi connectivity index (χ3n) is 5.69. The molecule has 2 aromatic rings. The van der Waals surface area contributed by atoms with Crippen molar-refractivity contribution in [2.45, 2.75) is 12.8 Å². The molecule has 0 saturated carbocycles. The van der Waals surface area contributed by atoms with Crippen molar-refractivity contribution in [2.24, 2.45) is 10.1 Å². The number of nitrogens with one attached hydrogen (secondary N) is 1. The average Bonchev–Trinajstić information content (AvgIpc) is 3.56. The number of rotatable bonds is 7. The van der Waals surface area contributed by atoms with Gasteiger partial charge in [-0.1, -0.05) is 12.1 Å². The highest BCUT2D eigenvalue weighted by Gasteiger charge is 2.37. The summed E-state index contributed by atoms with van der Waals surface area (Å²) in [5.74, 6) is 1.82. The van der Waals surface area contributed by atoms with E-state index in [1.54, 1.807) is 13.2 Å². The summed E-state index contributed by atoms with van der Waals surface area (Å²) < 4.78 is 16.5. The number of aliphatic imine (C=N–C) groups is 1. The van der Waals surface area contributed by atoms with Crippen molar-refractivity contribution >= 4 is 39.9 Å². The lowest BCUT2D eigenvalue weighted by molar-refractivity contribution is -0.114. The molecule has 0 bridgehead atoms. The first-order valence-corrected chi connectivity index (χ1v) is 12.2. The Bertz CT molecular complexity index is 1200. The van der Waals surface area contributed by atoms with Gasteiger partial charge in [0.15, 0.2) is 11.0 Å². The van der Waals surface area contributed by atoms with Crippen molar-refractivity contribution in [3.8, 4) is 17.2 Å². The Hall–Kier alpha value is -3.79. The summed E-state index contributed by atoms with van der Waals surface area (Å²) in [6.45, 7) is 2.67. The summed E-state index contributed by atoms with van der Waals surface area (Å²) in [5.41, 5.74) is 0.983. The molecule has 0 unspecified atom stereocenters. The number of carbonyl (C=O) groups excluding carboxylic acids is 1. The van der Waals surface area contributed by atoms with Crippen molar-refractivity contribution in [2.75, 3.05) is 33.4 Å². The molecule has 0 radical (unpaired) electrons. The van der Waals surface area contributed by atoms with Gasteiger partial charge in [0.2, 0.25) is 5.17 Å². The lowest BCUT2D eigenvalue weighted by atomic mass is 10.1. The number of nitrogens with zero attached hydrogens (tertiary/aromatic N) is 4. The van der Waals surface area contributed by atoms with E-state index in [1.165, 1.54) is 16.8 Å². The fourth-order valence-electron chi connectivity index (χ4n) is 3.84. The van der Waals surface area contributed by atoms with E-state index in [4.69, 9.17) is 19.6 Å². The van der Waals surface area contributed by atoms with E-state index < -0.39 is 5.91 Å². The van der Waals surface area contributed by atoms with Gasteiger partial charge in [0.1, 0.15) is 30.5 Å². The van der Waals surface area contributed by atoms with Crippen LogP contribution in [0.5, 0.6) is 17.2 Å². The SMILES string of the molecule is COc1ccc(OCCOc2ccc(/C=C3\C(=N)N4N=C(N5CCCC5)SC4=NC3=O)cc2)cc1. The number of amidine groups is 3. The van der Waals surface area contributed by atoms with Gasteiger partial charge in [0.05, 0.1) is 12.7 Å². The maximum absolute atomic E-state index is 12.6. The van der Waals surface area contributed by atoms with Gasteiger partial charge in [-0.2, -0.15) is 10.0 Å². The molecule has 0 atom stereocenters. The van der Waals surface area contributed by atoms with E-state index in [-0.39, 0.29) is 11.4 Å². The Morgan fingerprint density at radius 1 is 0.943 bits per heavy atom. The molecule has 35 heavy (non-hydrogen) atoms. The summed E-state index contributed by atoms with van der Waals surface area (Å²) in [6.07, 6.45) is 3.92. The predicted octanol–water partition coefficient (Wildman–Crippen LogP) is 3.83. The van der Waals surface area contributed by atoms with Crippen LogP contribution in [0.4, 0.5) is 0 Å². The maximum atomic E-state index is 12.6. The van der Waals surface area contributed by atoms with Crippen LogP contribution >= 0.6 is 11.8 Å². The van der Waals surface area contributed by atoms with Crippen LogP contribution in [0, 0.1) is 5.41 Å². The van der Waals surface area contributed by atoms with E-state index >= 15 is 0 Å². The molecule has 0 aromatic heterocycles. The summed E-state index contributed by atoms with van der Waals surface area (Å²) in [4.78, 5) is 19.0. The lowest BCUT2D eigenvalue weighted by Crippen LogP contribution is -2.35. The second-order valence-corrected chi connectivity index (χ2v) is 8.97. The Kier molecular flexibility index (Phi) is 6.71. The minimum absolute atomic E-state index is 0.0395. The quantitative estimate of drug-likeness (QED) is 0.464. The smallest absolute Gasteiger partial charge is 0.283 e. The molecular weight excluding hydrogens is 466 g/mol. The van der Waals surface area contributed by atoms with Crippen molar-refractivity contribution in [1.29, 1.82) is 5.41 Å². The van der Waals surface area contributed by atoms with Crippen LogP contribution in [0.1, 0.15) is 18.4 Å². The number of ether oxygens (including phenoxy) is 3. The first kappa shape index (κ1) is 23.0. The number of amides is 1. The monoisotopic (exact) mass is 491 g/mol. The Labute approximate surface area is 207 Å². The highest BCUT2D eigenvalue weighted by Crippen LogP contribution is 2.31. The molecule has 1 amide bonds. The molecule has 0 spiro atoms. The Morgan fingerprint density at radius 3 is 2.17 bits per heavy atom.